The molecule has 1 fully saturated rings. The largest absolute Gasteiger partial charge is 0.495 e. The Morgan fingerprint density at radius 3 is 2.45 bits per heavy atom. The van der Waals surface area contributed by atoms with Crippen molar-refractivity contribution >= 4 is 23.2 Å². The fourth-order valence-corrected chi connectivity index (χ4v) is 3.69. The molecule has 2 amide bonds. The highest BCUT2D eigenvalue weighted by Gasteiger charge is 2.25. The van der Waals surface area contributed by atoms with E-state index in [1.165, 1.54) is 0 Å². The molecule has 7 nitrogen and oxygen atoms in total. The summed E-state index contributed by atoms with van der Waals surface area (Å²) in [5, 5.41) is 2.90. The Bertz CT molecular complexity index is 1120. The number of hydrogen-bond acceptors (Lipinski definition) is 5. The summed E-state index contributed by atoms with van der Waals surface area (Å²) in [5.41, 5.74) is 1.63. The van der Waals surface area contributed by atoms with Crippen molar-refractivity contribution in [2.75, 3.05) is 37.1 Å². The number of rotatable bonds is 9. The smallest absolute Gasteiger partial charge is 0.259 e. The van der Waals surface area contributed by atoms with Crippen LogP contribution in [0.4, 0.5) is 11.4 Å². The third-order valence-electron chi connectivity index (χ3n) is 5.29. The maximum Gasteiger partial charge on any atom is 0.259 e. The standard InChI is InChI=1S/C26H26N2O5/c1-31-24-14-13-19(18-22(24)28-15-7-12-25(28)29)27-26(30)21-10-5-6-11-23(21)33-17-16-32-20-8-3-2-4-9-20/h2-6,8-11,13-14,18H,7,12,15-17H2,1H3,(H,27,30). The quantitative estimate of drug-likeness (QED) is 0.489. The number of anilines is 2. The van der Waals surface area contributed by atoms with Crippen molar-refractivity contribution in [3.05, 3.63) is 78.4 Å². The second-order valence-corrected chi connectivity index (χ2v) is 7.50. The number of amides is 2. The zero-order valence-electron chi connectivity index (χ0n) is 18.5. The van der Waals surface area contributed by atoms with Gasteiger partial charge in [0.05, 0.1) is 18.4 Å². The van der Waals surface area contributed by atoms with E-state index in [4.69, 9.17) is 14.2 Å². The first-order valence-corrected chi connectivity index (χ1v) is 10.8. The van der Waals surface area contributed by atoms with E-state index in [0.717, 1.165) is 12.2 Å². The zero-order valence-corrected chi connectivity index (χ0v) is 18.5. The van der Waals surface area contributed by atoms with Gasteiger partial charge >= 0.3 is 0 Å². The molecule has 0 atom stereocenters. The molecule has 3 aromatic rings. The molecule has 0 radical (unpaired) electrons. The van der Waals surface area contributed by atoms with Crippen LogP contribution in [0.15, 0.2) is 72.8 Å². The summed E-state index contributed by atoms with van der Waals surface area (Å²) in [4.78, 5) is 26.9. The van der Waals surface area contributed by atoms with E-state index in [1.54, 1.807) is 48.4 Å². The van der Waals surface area contributed by atoms with Gasteiger partial charge in [-0.3, -0.25) is 9.59 Å². The van der Waals surface area contributed by atoms with Gasteiger partial charge in [0.2, 0.25) is 5.91 Å². The number of carbonyl (C=O) groups is 2. The van der Waals surface area contributed by atoms with Gasteiger partial charge in [-0.15, -0.1) is 0 Å². The monoisotopic (exact) mass is 446 g/mol. The highest BCUT2D eigenvalue weighted by molar-refractivity contribution is 6.07. The second kappa shape index (κ2) is 10.5. The first kappa shape index (κ1) is 22.2. The molecule has 4 rings (SSSR count). The summed E-state index contributed by atoms with van der Waals surface area (Å²) >= 11 is 0. The first-order valence-electron chi connectivity index (χ1n) is 10.8. The van der Waals surface area contributed by atoms with Crippen LogP contribution in [0, 0.1) is 0 Å². The van der Waals surface area contributed by atoms with Gasteiger partial charge < -0.3 is 24.4 Å². The summed E-state index contributed by atoms with van der Waals surface area (Å²) in [6.07, 6.45) is 1.32. The van der Waals surface area contributed by atoms with Crippen LogP contribution in [0.5, 0.6) is 17.2 Å². The van der Waals surface area contributed by atoms with Gasteiger partial charge in [-0.25, -0.2) is 0 Å². The van der Waals surface area contributed by atoms with E-state index in [0.29, 0.717) is 54.6 Å². The molecule has 170 valence electrons. The van der Waals surface area contributed by atoms with Gasteiger partial charge in [0.1, 0.15) is 30.5 Å². The predicted octanol–water partition coefficient (Wildman–Crippen LogP) is 4.53. The number of ether oxygens (including phenoxy) is 3. The number of para-hydroxylation sites is 2. The first-order chi connectivity index (χ1) is 16.2. The fourth-order valence-electron chi connectivity index (χ4n) is 3.69. The van der Waals surface area contributed by atoms with E-state index in [1.807, 2.05) is 36.4 Å². The minimum Gasteiger partial charge on any atom is -0.495 e. The normalized spacial score (nSPS) is 13.0. The summed E-state index contributed by atoms with van der Waals surface area (Å²) in [6.45, 7) is 1.28. The Morgan fingerprint density at radius 1 is 0.939 bits per heavy atom. The molecule has 1 aliphatic rings. The van der Waals surface area contributed by atoms with Crippen LogP contribution < -0.4 is 24.4 Å². The maximum absolute atomic E-state index is 13.0. The summed E-state index contributed by atoms with van der Waals surface area (Å²) in [5.74, 6) is 1.56. The molecule has 3 aromatic carbocycles. The molecule has 0 unspecified atom stereocenters. The molecule has 1 aliphatic heterocycles. The predicted molar refractivity (Wildman–Crippen MR) is 126 cm³/mol. The molecule has 1 saturated heterocycles. The lowest BCUT2D eigenvalue weighted by Gasteiger charge is -2.20. The minimum atomic E-state index is -0.307. The van der Waals surface area contributed by atoms with Crippen molar-refractivity contribution in [3.63, 3.8) is 0 Å². The third-order valence-corrected chi connectivity index (χ3v) is 5.29. The van der Waals surface area contributed by atoms with E-state index in [9.17, 15) is 9.59 Å². The number of methoxy groups -OCH3 is 1. The number of carbonyl (C=O) groups excluding carboxylic acids is 2. The number of nitrogens with zero attached hydrogens (tertiary/aromatic N) is 1. The third kappa shape index (κ3) is 5.44. The molecule has 0 aromatic heterocycles. The summed E-state index contributed by atoms with van der Waals surface area (Å²) in [6, 6.07) is 21.8. The summed E-state index contributed by atoms with van der Waals surface area (Å²) < 4.78 is 16.9. The van der Waals surface area contributed by atoms with Gasteiger partial charge in [-0.1, -0.05) is 30.3 Å². The minimum absolute atomic E-state index is 0.0493. The van der Waals surface area contributed by atoms with Gasteiger partial charge in [0.15, 0.2) is 0 Å². The van der Waals surface area contributed by atoms with Gasteiger partial charge in [-0.05, 0) is 48.9 Å². The van der Waals surface area contributed by atoms with Crippen LogP contribution in [-0.4, -0.2) is 38.7 Å². The van der Waals surface area contributed by atoms with Gasteiger partial charge in [-0.2, -0.15) is 0 Å². The number of hydrogen-bond donors (Lipinski definition) is 1. The van der Waals surface area contributed by atoms with Gasteiger partial charge in [0, 0.05) is 18.7 Å². The second-order valence-electron chi connectivity index (χ2n) is 7.50. The Hall–Kier alpha value is -4.00. The number of benzene rings is 3. The van der Waals surface area contributed by atoms with Crippen LogP contribution in [0.2, 0.25) is 0 Å². The van der Waals surface area contributed by atoms with Crippen LogP contribution in [-0.2, 0) is 4.79 Å². The van der Waals surface area contributed by atoms with Crippen molar-refractivity contribution in [1.29, 1.82) is 0 Å². The van der Waals surface area contributed by atoms with Crippen LogP contribution in [0.3, 0.4) is 0 Å². The molecule has 0 bridgehead atoms. The van der Waals surface area contributed by atoms with E-state index in [-0.39, 0.29) is 11.8 Å². The fraction of sp³-hybridized carbons (Fsp3) is 0.231. The zero-order chi connectivity index (χ0) is 23.0. The Labute approximate surface area is 192 Å². The van der Waals surface area contributed by atoms with Crippen LogP contribution in [0.25, 0.3) is 0 Å². The van der Waals surface area contributed by atoms with Crippen molar-refractivity contribution in [1.82, 2.24) is 0 Å². The average Bonchev–Trinajstić information content (AvgIpc) is 3.28. The topological polar surface area (TPSA) is 77.1 Å². The Kier molecular flexibility index (Phi) is 7.09. The Morgan fingerprint density at radius 2 is 1.70 bits per heavy atom. The summed E-state index contributed by atoms with van der Waals surface area (Å²) in [7, 11) is 1.56. The van der Waals surface area contributed by atoms with Crippen molar-refractivity contribution in [2.45, 2.75) is 12.8 Å². The maximum atomic E-state index is 13.0. The van der Waals surface area contributed by atoms with Crippen molar-refractivity contribution < 1.29 is 23.8 Å². The lowest BCUT2D eigenvalue weighted by atomic mass is 10.1. The molecule has 0 aliphatic carbocycles. The molecule has 1 heterocycles. The van der Waals surface area contributed by atoms with E-state index in [2.05, 4.69) is 5.32 Å². The highest BCUT2D eigenvalue weighted by atomic mass is 16.5. The number of nitrogens with one attached hydrogen (secondary N) is 1. The SMILES string of the molecule is COc1ccc(NC(=O)c2ccccc2OCCOc2ccccc2)cc1N1CCCC1=O. The highest BCUT2D eigenvalue weighted by Crippen LogP contribution is 2.34. The van der Waals surface area contributed by atoms with Crippen LogP contribution >= 0.6 is 0 Å². The molecule has 0 spiro atoms. The average molecular weight is 447 g/mol. The molecule has 0 saturated carbocycles. The lowest BCUT2D eigenvalue weighted by Crippen LogP contribution is -2.24. The lowest BCUT2D eigenvalue weighted by molar-refractivity contribution is -0.117. The Balaban J connectivity index is 1.43. The van der Waals surface area contributed by atoms with Crippen molar-refractivity contribution in [3.8, 4) is 17.2 Å². The van der Waals surface area contributed by atoms with Crippen LogP contribution in [0.1, 0.15) is 23.2 Å². The molecular formula is C26H26N2O5. The molecular weight excluding hydrogens is 420 g/mol. The van der Waals surface area contributed by atoms with E-state index < -0.39 is 0 Å². The molecule has 33 heavy (non-hydrogen) atoms. The van der Waals surface area contributed by atoms with E-state index >= 15 is 0 Å². The molecule has 7 heteroatoms. The van der Waals surface area contributed by atoms with Crippen molar-refractivity contribution in [2.24, 2.45) is 0 Å². The van der Waals surface area contributed by atoms with Gasteiger partial charge in [0.25, 0.3) is 5.91 Å². The molecule has 1 N–H and O–H groups in total.